The molecule has 0 spiro atoms. The smallest absolute Gasteiger partial charge is 0.264 e. The molecular formula is C19H19FN4O2S. The Kier molecular flexibility index (Phi) is 4.43. The average molecular weight is 386 g/mol. The fourth-order valence-electron chi connectivity index (χ4n) is 3.52. The van der Waals surface area contributed by atoms with Crippen LogP contribution in [0.1, 0.15) is 34.6 Å². The van der Waals surface area contributed by atoms with Gasteiger partial charge in [0.05, 0.1) is 16.3 Å². The Bertz CT molecular complexity index is 1020. The van der Waals surface area contributed by atoms with Crippen molar-refractivity contribution in [2.45, 2.75) is 32.2 Å². The monoisotopic (exact) mass is 386 g/mol. The Labute approximate surface area is 159 Å². The molecule has 140 valence electrons. The number of nitrogens with zero attached hydrogens (tertiary/aromatic N) is 3. The van der Waals surface area contributed by atoms with Gasteiger partial charge in [-0.15, -0.1) is 11.3 Å². The summed E-state index contributed by atoms with van der Waals surface area (Å²) in [6, 6.07) is 7.32. The second-order valence-electron chi connectivity index (χ2n) is 6.72. The maximum absolute atomic E-state index is 13.2. The van der Waals surface area contributed by atoms with Gasteiger partial charge in [0.2, 0.25) is 5.91 Å². The number of hydrogen-bond donors (Lipinski definition) is 1. The summed E-state index contributed by atoms with van der Waals surface area (Å²) in [4.78, 5) is 27.7. The van der Waals surface area contributed by atoms with Crippen LogP contribution < -0.4 is 5.73 Å². The zero-order valence-corrected chi connectivity index (χ0v) is 15.6. The molecule has 1 aromatic carbocycles. The van der Waals surface area contributed by atoms with Crippen molar-refractivity contribution in [1.29, 1.82) is 0 Å². The third-order valence-corrected chi connectivity index (χ3v) is 6.02. The van der Waals surface area contributed by atoms with Crippen molar-refractivity contribution in [1.82, 2.24) is 14.7 Å². The fourth-order valence-corrected chi connectivity index (χ4v) is 4.66. The van der Waals surface area contributed by atoms with Gasteiger partial charge in [0.15, 0.2) is 0 Å². The number of amides is 2. The molecule has 4 rings (SSSR count). The van der Waals surface area contributed by atoms with Crippen LogP contribution in [0, 0.1) is 12.7 Å². The van der Waals surface area contributed by atoms with E-state index in [1.54, 1.807) is 21.7 Å². The average Bonchev–Trinajstić information content (AvgIpc) is 3.23. The second-order valence-corrected chi connectivity index (χ2v) is 7.75. The van der Waals surface area contributed by atoms with E-state index >= 15 is 0 Å². The summed E-state index contributed by atoms with van der Waals surface area (Å²) in [5, 5.41) is 5.39. The van der Waals surface area contributed by atoms with Crippen LogP contribution in [0.2, 0.25) is 0 Å². The van der Waals surface area contributed by atoms with Crippen LogP contribution >= 0.6 is 11.3 Å². The lowest BCUT2D eigenvalue weighted by Gasteiger charge is -2.33. The highest BCUT2D eigenvalue weighted by Crippen LogP contribution is 2.32. The van der Waals surface area contributed by atoms with E-state index < -0.39 is 11.9 Å². The summed E-state index contributed by atoms with van der Waals surface area (Å²) < 4.78 is 14.9. The predicted octanol–water partition coefficient (Wildman–Crippen LogP) is 3.01. The Morgan fingerprint density at radius 3 is 2.70 bits per heavy atom. The Morgan fingerprint density at radius 2 is 2.00 bits per heavy atom. The molecule has 3 aromatic rings. The quantitative estimate of drug-likeness (QED) is 0.751. The topological polar surface area (TPSA) is 81.2 Å². The first-order valence-electron chi connectivity index (χ1n) is 8.81. The number of rotatable bonds is 3. The molecule has 27 heavy (non-hydrogen) atoms. The molecule has 0 unspecified atom stereocenters. The summed E-state index contributed by atoms with van der Waals surface area (Å²) in [6.07, 6.45) is 2.36. The minimum absolute atomic E-state index is 0.176. The van der Waals surface area contributed by atoms with Gasteiger partial charge in [0.25, 0.3) is 5.91 Å². The third kappa shape index (κ3) is 3.10. The molecule has 6 nitrogen and oxygen atoms in total. The molecule has 0 aliphatic carbocycles. The normalized spacial score (nSPS) is 17.4. The van der Waals surface area contributed by atoms with Gasteiger partial charge in [-0.25, -0.2) is 9.07 Å². The van der Waals surface area contributed by atoms with E-state index in [0.29, 0.717) is 17.8 Å². The number of halogens is 1. The van der Waals surface area contributed by atoms with Gasteiger partial charge < -0.3 is 10.6 Å². The second kappa shape index (κ2) is 6.77. The van der Waals surface area contributed by atoms with Crippen molar-refractivity contribution in [2.75, 3.05) is 6.54 Å². The molecule has 1 saturated heterocycles. The van der Waals surface area contributed by atoms with Gasteiger partial charge in [-0.1, -0.05) is 0 Å². The molecule has 1 aliphatic rings. The first kappa shape index (κ1) is 17.7. The highest BCUT2D eigenvalue weighted by atomic mass is 32.1. The number of fused-ring (bicyclic) bond motifs is 1. The number of carbonyl (C=O) groups excluding carboxylic acids is 2. The third-order valence-electron chi connectivity index (χ3n) is 4.92. The molecule has 1 atom stereocenters. The fraction of sp³-hybridized carbons (Fsp3) is 0.316. The number of primary amides is 1. The predicted molar refractivity (Wildman–Crippen MR) is 102 cm³/mol. The lowest BCUT2D eigenvalue weighted by Crippen LogP contribution is -2.50. The number of carbonyl (C=O) groups is 2. The molecule has 3 heterocycles. The van der Waals surface area contributed by atoms with Gasteiger partial charge in [0, 0.05) is 11.9 Å². The molecule has 1 aliphatic heterocycles. The molecule has 0 radical (unpaired) electrons. The standard InChI is InChI=1S/C19H19FN4O2S/c1-11-14-10-16(18(26)23-9-3-2-4-15(23)17(21)25)27-19(14)24(22-11)13-7-5-12(20)6-8-13/h5-8,10,15H,2-4,9H2,1H3,(H2,21,25)/t15-/m0/s1. The van der Waals surface area contributed by atoms with Gasteiger partial charge in [0.1, 0.15) is 16.7 Å². The van der Waals surface area contributed by atoms with E-state index in [1.165, 1.54) is 23.5 Å². The number of likely N-dealkylation sites (tertiary alicyclic amines) is 1. The van der Waals surface area contributed by atoms with Crippen LogP contribution in [0.25, 0.3) is 15.9 Å². The molecular weight excluding hydrogens is 367 g/mol. The minimum Gasteiger partial charge on any atom is -0.368 e. The summed E-state index contributed by atoms with van der Waals surface area (Å²) in [5.74, 6) is -0.953. The number of aromatic nitrogens is 2. The van der Waals surface area contributed by atoms with Crippen LogP contribution in [0.4, 0.5) is 4.39 Å². The molecule has 0 bridgehead atoms. The number of thiophene rings is 1. The van der Waals surface area contributed by atoms with Crippen molar-refractivity contribution < 1.29 is 14.0 Å². The zero-order chi connectivity index (χ0) is 19.1. The maximum atomic E-state index is 13.2. The van der Waals surface area contributed by atoms with E-state index in [9.17, 15) is 14.0 Å². The number of aryl methyl sites for hydroxylation is 1. The minimum atomic E-state index is -0.550. The van der Waals surface area contributed by atoms with Crippen LogP contribution in [-0.4, -0.2) is 39.1 Å². The Morgan fingerprint density at radius 1 is 1.26 bits per heavy atom. The van der Waals surface area contributed by atoms with Crippen molar-refractivity contribution in [3.05, 3.63) is 46.7 Å². The van der Waals surface area contributed by atoms with Crippen LogP contribution in [-0.2, 0) is 4.79 Å². The Balaban J connectivity index is 1.73. The zero-order valence-electron chi connectivity index (χ0n) is 14.8. The van der Waals surface area contributed by atoms with Crippen LogP contribution in [0.3, 0.4) is 0 Å². The number of benzene rings is 1. The summed E-state index contributed by atoms with van der Waals surface area (Å²) in [6.45, 7) is 2.40. The van der Waals surface area contributed by atoms with Gasteiger partial charge in [-0.05, 0) is 56.5 Å². The van der Waals surface area contributed by atoms with Gasteiger partial charge in [-0.2, -0.15) is 5.10 Å². The summed E-state index contributed by atoms with van der Waals surface area (Å²) in [7, 11) is 0. The summed E-state index contributed by atoms with van der Waals surface area (Å²) >= 11 is 1.32. The van der Waals surface area contributed by atoms with E-state index in [4.69, 9.17) is 5.73 Å². The Hall–Kier alpha value is -2.74. The van der Waals surface area contributed by atoms with E-state index in [-0.39, 0.29) is 11.7 Å². The largest absolute Gasteiger partial charge is 0.368 e. The first-order chi connectivity index (χ1) is 13.0. The lowest BCUT2D eigenvalue weighted by atomic mass is 10.0. The number of hydrogen-bond acceptors (Lipinski definition) is 4. The highest BCUT2D eigenvalue weighted by molar-refractivity contribution is 7.20. The molecule has 0 saturated carbocycles. The van der Waals surface area contributed by atoms with Gasteiger partial charge >= 0.3 is 0 Å². The van der Waals surface area contributed by atoms with Crippen molar-refractivity contribution >= 4 is 33.4 Å². The maximum Gasteiger partial charge on any atom is 0.264 e. The molecule has 2 amide bonds. The van der Waals surface area contributed by atoms with Crippen molar-refractivity contribution in [2.24, 2.45) is 5.73 Å². The van der Waals surface area contributed by atoms with E-state index in [1.807, 2.05) is 13.0 Å². The van der Waals surface area contributed by atoms with Crippen LogP contribution in [0.5, 0.6) is 0 Å². The molecule has 8 heteroatoms. The van der Waals surface area contributed by atoms with Crippen molar-refractivity contribution in [3.8, 4) is 5.69 Å². The highest BCUT2D eigenvalue weighted by Gasteiger charge is 2.32. The van der Waals surface area contributed by atoms with Gasteiger partial charge in [-0.3, -0.25) is 9.59 Å². The van der Waals surface area contributed by atoms with E-state index in [0.717, 1.165) is 34.4 Å². The van der Waals surface area contributed by atoms with E-state index in [2.05, 4.69) is 5.10 Å². The SMILES string of the molecule is Cc1nn(-c2ccc(F)cc2)c2sc(C(=O)N3CCCC[C@H]3C(N)=O)cc12. The molecule has 2 aromatic heterocycles. The number of piperidine rings is 1. The molecule has 2 N–H and O–H groups in total. The molecule has 1 fully saturated rings. The van der Waals surface area contributed by atoms with Crippen LogP contribution in [0.15, 0.2) is 30.3 Å². The number of nitrogens with two attached hydrogens (primary N) is 1. The summed E-state index contributed by atoms with van der Waals surface area (Å²) in [5.41, 5.74) is 7.00. The first-order valence-corrected chi connectivity index (χ1v) is 9.63. The van der Waals surface area contributed by atoms with Crippen molar-refractivity contribution in [3.63, 3.8) is 0 Å². The lowest BCUT2D eigenvalue weighted by molar-refractivity contribution is -0.123.